The third-order valence-corrected chi connectivity index (χ3v) is 6.75. The van der Waals surface area contributed by atoms with Gasteiger partial charge in [-0.25, -0.2) is 0 Å². The number of hydrogen-bond acceptors (Lipinski definition) is 3. The zero-order valence-electron chi connectivity index (χ0n) is 14.3. The van der Waals surface area contributed by atoms with Gasteiger partial charge in [-0.3, -0.25) is 4.90 Å². The van der Waals surface area contributed by atoms with Crippen molar-refractivity contribution in [3.8, 4) is 0 Å². The first-order valence-electron chi connectivity index (χ1n) is 9.24. The van der Waals surface area contributed by atoms with Crippen molar-refractivity contribution in [1.82, 2.24) is 9.80 Å². The van der Waals surface area contributed by atoms with Crippen LogP contribution >= 0.6 is 0 Å². The molecule has 0 radical (unpaired) electrons. The van der Waals surface area contributed by atoms with Crippen LogP contribution in [0, 0.1) is 17.8 Å². The van der Waals surface area contributed by atoms with Gasteiger partial charge in [-0.05, 0) is 69.9 Å². The van der Waals surface area contributed by atoms with E-state index in [9.17, 15) is 0 Å². The Morgan fingerprint density at radius 1 is 1.05 bits per heavy atom. The largest absolute Gasteiger partial charge is 0.327 e. The molecule has 2 bridgehead atoms. The minimum absolute atomic E-state index is 0.443. The third kappa shape index (κ3) is 3.46. The second-order valence-electron chi connectivity index (χ2n) is 8.34. The number of nitrogens with two attached hydrogens (primary N) is 1. The van der Waals surface area contributed by atoms with Crippen LogP contribution in [-0.4, -0.2) is 54.6 Å². The summed E-state index contributed by atoms with van der Waals surface area (Å²) in [6.45, 7) is 8.60. The molecule has 1 saturated carbocycles. The minimum atomic E-state index is 0.443. The van der Waals surface area contributed by atoms with Gasteiger partial charge in [0.05, 0.1) is 0 Å². The summed E-state index contributed by atoms with van der Waals surface area (Å²) in [4.78, 5) is 5.39. The van der Waals surface area contributed by atoms with Crippen LogP contribution in [0.2, 0.25) is 0 Å². The Morgan fingerprint density at radius 2 is 1.81 bits per heavy atom. The van der Waals surface area contributed by atoms with Gasteiger partial charge in [-0.1, -0.05) is 13.8 Å². The highest BCUT2D eigenvalue weighted by molar-refractivity contribution is 4.93. The fourth-order valence-corrected chi connectivity index (χ4v) is 5.02. The molecule has 3 nitrogen and oxygen atoms in total. The Balaban J connectivity index is 1.57. The van der Waals surface area contributed by atoms with Crippen molar-refractivity contribution >= 4 is 0 Å². The van der Waals surface area contributed by atoms with Crippen LogP contribution in [0.1, 0.15) is 52.4 Å². The quantitative estimate of drug-likeness (QED) is 0.868. The van der Waals surface area contributed by atoms with Gasteiger partial charge in [0.1, 0.15) is 0 Å². The normalized spacial score (nSPS) is 42.4. The average Bonchev–Trinajstić information content (AvgIpc) is 2.69. The van der Waals surface area contributed by atoms with Gasteiger partial charge in [0.15, 0.2) is 0 Å². The molecule has 3 rings (SSSR count). The van der Waals surface area contributed by atoms with Gasteiger partial charge in [0, 0.05) is 31.2 Å². The van der Waals surface area contributed by atoms with Gasteiger partial charge in [0.2, 0.25) is 0 Å². The summed E-state index contributed by atoms with van der Waals surface area (Å²) in [5, 5.41) is 0. The summed E-state index contributed by atoms with van der Waals surface area (Å²) in [5.74, 6) is 2.46. The highest BCUT2D eigenvalue weighted by Crippen LogP contribution is 2.35. The highest BCUT2D eigenvalue weighted by Gasteiger charge is 2.36. The summed E-state index contributed by atoms with van der Waals surface area (Å²) in [7, 11) is 2.34. The number of nitrogens with zero attached hydrogens (tertiary/aromatic N) is 2. The maximum atomic E-state index is 6.46. The molecule has 2 saturated heterocycles. The van der Waals surface area contributed by atoms with E-state index in [1.165, 1.54) is 58.2 Å². The number of likely N-dealkylation sites (N-methyl/N-ethyl adjacent to an activating group) is 1. The van der Waals surface area contributed by atoms with E-state index in [2.05, 4.69) is 30.7 Å². The molecule has 3 heteroatoms. The van der Waals surface area contributed by atoms with Gasteiger partial charge in [-0.2, -0.15) is 0 Å². The van der Waals surface area contributed by atoms with E-state index < -0.39 is 0 Å². The molecule has 2 heterocycles. The van der Waals surface area contributed by atoms with Crippen molar-refractivity contribution in [2.24, 2.45) is 23.5 Å². The zero-order chi connectivity index (χ0) is 15.0. The second-order valence-corrected chi connectivity index (χ2v) is 8.34. The fourth-order valence-electron chi connectivity index (χ4n) is 5.02. The predicted octanol–water partition coefficient (Wildman–Crippen LogP) is 2.55. The van der Waals surface area contributed by atoms with Crippen molar-refractivity contribution in [3.05, 3.63) is 0 Å². The molecule has 2 N–H and O–H groups in total. The maximum Gasteiger partial charge on any atom is 0.0223 e. The van der Waals surface area contributed by atoms with Gasteiger partial charge >= 0.3 is 0 Å². The average molecular weight is 293 g/mol. The Labute approximate surface area is 131 Å². The lowest BCUT2D eigenvalue weighted by molar-refractivity contribution is 0.129. The maximum absolute atomic E-state index is 6.46. The minimum Gasteiger partial charge on any atom is -0.327 e. The fraction of sp³-hybridized carbons (Fsp3) is 1.00. The van der Waals surface area contributed by atoms with Crippen LogP contribution in [0.25, 0.3) is 0 Å². The molecule has 3 aliphatic rings. The van der Waals surface area contributed by atoms with E-state index in [-0.39, 0.29) is 0 Å². The molecule has 0 spiro atoms. The lowest BCUT2D eigenvalue weighted by Gasteiger charge is -2.39. The zero-order valence-corrected chi connectivity index (χ0v) is 14.3. The molecule has 21 heavy (non-hydrogen) atoms. The summed E-state index contributed by atoms with van der Waals surface area (Å²) in [6, 6.07) is 2.10. The van der Waals surface area contributed by atoms with Crippen LogP contribution in [0.4, 0.5) is 0 Å². The van der Waals surface area contributed by atoms with E-state index in [4.69, 9.17) is 5.73 Å². The number of likely N-dealkylation sites (tertiary alicyclic amines) is 1. The topological polar surface area (TPSA) is 32.5 Å². The molecule has 3 fully saturated rings. The first-order valence-corrected chi connectivity index (χ1v) is 9.24. The Morgan fingerprint density at radius 3 is 2.57 bits per heavy atom. The molecule has 0 aromatic rings. The van der Waals surface area contributed by atoms with Gasteiger partial charge < -0.3 is 10.6 Å². The first-order chi connectivity index (χ1) is 10.0. The lowest BCUT2D eigenvalue weighted by atomic mass is 9.73. The van der Waals surface area contributed by atoms with Crippen LogP contribution in [0.15, 0.2) is 0 Å². The van der Waals surface area contributed by atoms with E-state index >= 15 is 0 Å². The van der Waals surface area contributed by atoms with E-state index in [1.807, 2.05) is 0 Å². The van der Waals surface area contributed by atoms with Crippen molar-refractivity contribution in [2.45, 2.75) is 70.5 Å². The number of rotatable bonds is 3. The Kier molecular flexibility index (Phi) is 4.92. The molecule has 1 aliphatic carbocycles. The van der Waals surface area contributed by atoms with Crippen molar-refractivity contribution in [2.75, 3.05) is 26.7 Å². The molecule has 5 atom stereocenters. The van der Waals surface area contributed by atoms with Crippen molar-refractivity contribution in [1.29, 1.82) is 0 Å². The Bertz CT molecular complexity index is 343. The molecular weight excluding hydrogens is 258 g/mol. The SMILES string of the molecule is CC(C)C1CCC(N)C(CN2CCC3CCC(C2)N3C)C1. The standard InChI is InChI=1S/C18H35N3/c1-13(2)14-4-7-18(19)15(10-14)11-21-9-8-16-5-6-17(12-21)20(16)3/h13-18H,4-12,19H2,1-3H3. The van der Waals surface area contributed by atoms with Crippen LogP contribution in [-0.2, 0) is 0 Å². The summed E-state index contributed by atoms with van der Waals surface area (Å²) < 4.78 is 0. The summed E-state index contributed by atoms with van der Waals surface area (Å²) >= 11 is 0. The summed E-state index contributed by atoms with van der Waals surface area (Å²) in [6.07, 6.45) is 8.15. The van der Waals surface area contributed by atoms with E-state index in [1.54, 1.807) is 0 Å². The predicted molar refractivity (Wildman–Crippen MR) is 89.3 cm³/mol. The number of hydrogen-bond donors (Lipinski definition) is 1. The number of fused-ring (bicyclic) bond motifs is 2. The molecule has 122 valence electrons. The molecule has 0 aromatic heterocycles. The smallest absolute Gasteiger partial charge is 0.0223 e. The highest BCUT2D eigenvalue weighted by atomic mass is 15.3. The van der Waals surface area contributed by atoms with E-state index in [0.717, 1.165) is 29.8 Å². The third-order valence-electron chi connectivity index (χ3n) is 6.75. The van der Waals surface area contributed by atoms with Gasteiger partial charge in [0.25, 0.3) is 0 Å². The molecule has 5 unspecified atom stereocenters. The molecule has 0 amide bonds. The molecule has 0 aromatic carbocycles. The van der Waals surface area contributed by atoms with Crippen molar-refractivity contribution in [3.63, 3.8) is 0 Å². The lowest BCUT2D eigenvalue weighted by Crippen LogP contribution is -2.46. The van der Waals surface area contributed by atoms with Crippen LogP contribution < -0.4 is 5.73 Å². The second kappa shape index (κ2) is 6.55. The summed E-state index contributed by atoms with van der Waals surface area (Å²) in [5.41, 5.74) is 6.46. The first kappa shape index (κ1) is 15.8. The van der Waals surface area contributed by atoms with Gasteiger partial charge in [-0.15, -0.1) is 0 Å². The Hall–Kier alpha value is -0.120. The monoisotopic (exact) mass is 293 g/mol. The molecular formula is C18H35N3. The van der Waals surface area contributed by atoms with Crippen LogP contribution in [0.3, 0.4) is 0 Å². The van der Waals surface area contributed by atoms with E-state index in [0.29, 0.717) is 6.04 Å². The molecule has 2 aliphatic heterocycles. The van der Waals surface area contributed by atoms with Crippen molar-refractivity contribution < 1.29 is 0 Å². The van der Waals surface area contributed by atoms with Crippen LogP contribution in [0.5, 0.6) is 0 Å².